The van der Waals surface area contributed by atoms with Crippen molar-refractivity contribution in [2.75, 3.05) is 13.1 Å². The average Bonchev–Trinajstić information content (AvgIpc) is 3.15. The van der Waals surface area contributed by atoms with E-state index in [0.717, 1.165) is 35.2 Å². The molecule has 5 heteroatoms. The molecule has 0 aliphatic carbocycles. The van der Waals surface area contributed by atoms with E-state index in [0.29, 0.717) is 11.8 Å². The molecule has 2 N–H and O–H groups in total. The molecule has 0 saturated carbocycles. The zero-order valence-electron chi connectivity index (χ0n) is 14.9. The van der Waals surface area contributed by atoms with Crippen LogP contribution in [0.15, 0.2) is 42.6 Å². The lowest BCUT2D eigenvalue weighted by Crippen LogP contribution is -2.40. The fourth-order valence-electron chi connectivity index (χ4n) is 4.13. The largest absolute Gasteiger partial charge is 0.315 e. The third-order valence-corrected chi connectivity index (χ3v) is 5.43. The molecule has 136 valence electrons. The van der Waals surface area contributed by atoms with E-state index in [2.05, 4.69) is 46.1 Å². The summed E-state index contributed by atoms with van der Waals surface area (Å²) in [6, 6.07) is 11.2. The van der Waals surface area contributed by atoms with Gasteiger partial charge in [0.2, 0.25) is 0 Å². The van der Waals surface area contributed by atoms with Gasteiger partial charge < -0.3 is 9.88 Å². The minimum Gasteiger partial charge on any atom is -0.315 e. The Morgan fingerprint density at radius 3 is 2.62 bits per heavy atom. The van der Waals surface area contributed by atoms with Gasteiger partial charge in [-0.05, 0) is 47.9 Å². The van der Waals surface area contributed by atoms with Crippen molar-refractivity contribution in [1.82, 2.24) is 20.1 Å². The second-order valence-corrected chi connectivity index (χ2v) is 7.45. The predicted molar refractivity (Wildman–Crippen MR) is 107 cm³/mol. The Morgan fingerprint density at radius 2 is 1.96 bits per heavy atom. The maximum atomic E-state index is 13.5. The van der Waals surface area contributed by atoms with E-state index in [-0.39, 0.29) is 8.67 Å². The monoisotopic (exact) mass is 352 g/mol. The normalized spacial score (nSPS) is 15.2. The summed E-state index contributed by atoms with van der Waals surface area (Å²) in [5.74, 6) is 0.661. The van der Waals surface area contributed by atoms with Crippen LogP contribution in [0.25, 0.3) is 27.5 Å². The maximum absolute atomic E-state index is 13.5. The van der Waals surface area contributed by atoms with Crippen molar-refractivity contribution in [1.29, 1.82) is 0 Å². The molecule has 1 fully saturated rings. The highest BCUT2D eigenvalue weighted by Crippen LogP contribution is 2.40. The standard InChI is InChI=1S/C21H21FN4.2H2/c1-12(2)21-20(14-9-23-10-14)17-8-18-13(11-24-25-18)7-19(17)26(21)16-5-3-15(22)4-6-16;;/h3-8,11-12,14,23H,9-10H2,1-2H3,(H,24,25);2*1H. The first-order valence-corrected chi connectivity index (χ1v) is 9.11. The summed E-state index contributed by atoms with van der Waals surface area (Å²) in [6.07, 6.45) is 1.86. The number of halogens is 1. The third-order valence-electron chi connectivity index (χ3n) is 5.43. The van der Waals surface area contributed by atoms with Crippen LogP contribution in [0, 0.1) is 5.82 Å². The van der Waals surface area contributed by atoms with Crippen LogP contribution in [0.4, 0.5) is 4.39 Å². The zero-order valence-corrected chi connectivity index (χ0v) is 14.9. The van der Waals surface area contributed by atoms with Crippen molar-refractivity contribution in [3.63, 3.8) is 0 Å². The first-order valence-electron chi connectivity index (χ1n) is 9.11. The van der Waals surface area contributed by atoms with E-state index < -0.39 is 0 Å². The van der Waals surface area contributed by atoms with Gasteiger partial charge in [-0.1, -0.05) is 13.8 Å². The first-order chi connectivity index (χ1) is 12.6. The second kappa shape index (κ2) is 5.68. The molecular weight excluding hydrogens is 327 g/mol. The number of benzene rings is 2. The first kappa shape index (κ1) is 15.6. The number of nitrogens with zero attached hydrogens (tertiary/aromatic N) is 2. The van der Waals surface area contributed by atoms with Crippen molar-refractivity contribution in [3.05, 3.63) is 59.7 Å². The molecule has 26 heavy (non-hydrogen) atoms. The van der Waals surface area contributed by atoms with E-state index in [1.54, 1.807) is 0 Å². The van der Waals surface area contributed by atoms with Crippen LogP contribution in [-0.2, 0) is 0 Å². The molecular formula is C21H25FN4. The molecule has 0 amide bonds. The van der Waals surface area contributed by atoms with E-state index in [1.807, 2.05) is 18.3 Å². The van der Waals surface area contributed by atoms with E-state index in [4.69, 9.17) is 0 Å². The summed E-state index contributed by atoms with van der Waals surface area (Å²) in [5, 5.41) is 13.0. The van der Waals surface area contributed by atoms with Crippen molar-refractivity contribution in [3.8, 4) is 5.69 Å². The fourth-order valence-corrected chi connectivity index (χ4v) is 4.13. The number of aromatic amines is 1. The van der Waals surface area contributed by atoms with Gasteiger partial charge in [0.05, 0.1) is 17.2 Å². The number of fused-ring (bicyclic) bond motifs is 2. The van der Waals surface area contributed by atoms with Gasteiger partial charge in [-0.2, -0.15) is 5.10 Å². The van der Waals surface area contributed by atoms with Crippen molar-refractivity contribution < 1.29 is 7.24 Å². The molecule has 5 rings (SSSR count). The minimum absolute atomic E-state index is 0. The van der Waals surface area contributed by atoms with E-state index in [1.165, 1.54) is 28.8 Å². The van der Waals surface area contributed by atoms with Gasteiger partial charge in [0.15, 0.2) is 0 Å². The Morgan fingerprint density at radius 1 is 1.19 bits per heavy atom. The topological polar surface area (TPSA) is 45.6 Å². The van der Waals surface area contributed by atoms with Crippen LogP contribution in [0.3, 0.4) is 0 Å². The highest BCUT2D eigenvalue weighted by atomic mass is 19.1. The quantitative estimate of drug-likeness (QED) is 0.548. The van der Waals surface area contributed by atoms with Gasteiger partial charge >= 0.3 is 0 Å². The third kappa shape index (κ3) is 2.20. The lowest BCUT2D eigenvalue weighted by molar-refractivity contribution is 0.446. The van der Waals surface area contributed by atoms with Gasteiger partial charge in [0, 0.05) is 44.0 Å². The summed E-state index contributed by atoms with van der Waals surface area (Å²) in [4.78, 5) is 0. The molecule has 4 nitrogen and oxygen atoms in total. The minimum atomic E-state index is -0.211. The number of nitrogens with one attached hydrogen (secondary N) is 2. The summed E-state index contributed by atoms with van der Waals surface area (Å²) < 4.78 is 15.8. The maximum Gasteiger partial charge on any atom is 0.123 e. The molecule has 0 atom stereocenters. The highest BCUT2D eigenvalue weighted by Gasteiger charge is 2.30. The molecule has 0 radical (unpaired) electrons. The molecule has 1 saturated heterocycles. The highest BCUT2D eigenvalue weighted by molar-refractivity contribution is 5.99. The molecule has 3 heterocycles. The summed E-state index contributed by atoms with van der Waals surface area (Å²) in [6.45, 7) is 6.47. The Kier molecular flexibility index (Phi) is 3.40. The van der Waals surface area contributed by atoms with Crippen LogP contribution < -0.4 is 5.32 Å². The summed E-state index contributed by atoms with van der Waals surface area (Å²) >= 11 is 0. The van der Waals surface area contributed by atoms with Gasteiger partial charge in [0.25, 0.3) is 0 Å². The molecule has 1 aliphatic rings. The number of hydrogen-bond donors (Lipinski definition) is 2. The van der Waals surface area contributed by atoms with Crippen LogP contribution >= 0.6 is 0 Å². The fraction of sp³-hybridized carbons (Fsp3) is 0.286. The molecule has 1 aliphatic heterocycles. The van der Waals surface area contributed by atoms with Gasteiger partial charge in [-0.3, -0.25) is 5.10 Å². The predicted octanol–water partition coefficient (Wildman–Crippen LogP) is 4.95. The van der Waals surface area contributed by atoms with Crippen molar-refractivity contribution >= 4 is 21.8 Å². The number of hydrogen-bond acceptors (Lipinski definition) is 2. The summed E-state index contributed by atoms with van der Waals surface area (Å²) in [5.41, 5.74) is 5.95. The Labute approximate surface area is 154 Å². The van der Waals surface area contributed by atoms with Crippen molar-refractivity contribution in [2.45, 2.75) is 25.7 Å². The van der Waals surface area contributed by atoms with Crippen LogP contribution in [0.5, 0.6) is 0 Å². The number of rotatable bonds is 3. The zero-order chi connectivity index (χ0) is 17.8. The molecule has 0 spiro atoms. The Hall–Kier alpha value is -2.66. The smallest absolute Gasteiger partial charge is 0.123 e. The lowest BCUT2D eigenvalue weighted by atomic mass is 9.88. The lowest BCUT2D eigenvalue weighted by Gasteiger charge is -2.29. The molecule has 2 aromatic heterocycles. The molecule has 0 unspecified atom stereocenters. The molecule has 0 bridgehead atoms. The Bertz CT molecular complexity index is 1110. The Balaban J connectivity index is 0.00000112. The van der Waals surface area contributed by atoms with Crippen LogP contribution in [0.2, 0.25) is 0 Å². The van der Waals surface area contributed by atoms with Gasteiger partial charge in [0.1, 0.15) is 5.82 Å². The van der Waals surface area contributed by atoms with Gasteiger partial charge in [-0.15, -0.1) is 0 Å². The van der Waals surface area contributed by atoms with Crippen LogP contribution in [0.1, 0.15) is 39.8 Å². The van der Waals surface area contributed by atoms with E-state index in [9.17, 15) is 4.39 Å². The summed E-state index contributed by atoms with van der Waals surface area (Å²) in [7, 11) is 0. The van der Waals surface area contributed by atoms with Gasteiger partial charge in [-0.25, -0.2) is 4.39 Å². The molecule has 2 aromatic carbocycles. The second-order valence-electron chi connectivity index (χ2n) is 7.45. The van der Waals surface area contributed by atoms with Crippen molar-refractivity contribution in [2.24, 2.45) is 0 Å². The van der Waals surface area contributed by atoms with Crippen LogP contribution in [-0.4, -0.2) is 27.9 Å². The molecule has 4 aromatic rings. The number of H-pyrrole nitrogens is 1. The number of aromatic nitrogens is 3. The van der Waals surface area contributed by atoms with E-state index >= 15 is 0 Å². The SMILES string of the molecule is CC(C)c1c(C2CNC2)c2cc3[nH]ncc3cc2n1-c1ccc(F)cc1.[HH].[HH]. The average molecular weight is 352 g/mol.